The van der Waals surface area contributed by atoms with E-state index in [0.717, 1.165) is 11.1 Å². The molecule has 0 atom stereocenters. The summed E-state index contributed by atoms with van der Waals surface area (Å²) in [5, 5.41) is 0.431. The highest BCUT2D eigenvalue weighted by atomic mass is 16.5. The van der Waals surface area contributed by atoms with Gasteiger partial charge in [0.15, 0.2) is 0 Å². The third-order valence-electron chi connectivity index (χ3n) is 5.42. The predicted octanol–water partition coefficient (Wildman–Crippen LogP) is 5.32. The molecule has 0 aliphatic rings. The lowest BCUT2D eigenvalue weighted by Crippen LogP contribution is -2.10. The van der Waals surface area contributed by atoms with E-state index in [4.69, 9.17) is 18.6 Å². The molecule has 0 radical (unpaired) electrons. The minimum Gasteiger partial charge on any atom is -0.497 e. The molecule has 0 unspecified atom stereocenters. The van der Waals surface area contributed by atoms with Crippen LogP contribution >= 0.6 is 0 Å². The quantitative estimate of drug-likeness (QED) is 0.284. The maximum Gasteiger partial charge on any atom is 0.311 e. The van der Waals surface area contributed by atoms with Crippen molar-refractivity contribution >= 4 is 16.9 Å². The second kappa shape index (κ2) is 9.61. The molecule has 33 heavy (non-hydrogen) atoms. The minimum atomic E-state index is -0.404. The summed E-state index contributed by atoms with van der Waals surface area (Å²) < 4.78 is 22.0. The van der Waals surface area contributed by atoms with Gasteiger partial charge in [-0.1, -0.05) is 30.3 Å². The Morgan fingerprint density at radius 3 is 2.39 bits per heavy atom. The van der Waals surface area contributed by atoms with Crippen molar-refractivity contribution in [2.45, 2.75) is 19.8 Å². The summed E-state index contributed by atoms with van der Waals surface area (Å²) >= 11 is 0. The van der Waals surface area contributed by atoms with Crippen LogP contribution in [0, 0.1) is 6.92 Å². The summed E-state index contributed by atoms with van der Waals surface area (Å²) in [7, 11) is 3.17. The Balaban J connectivity index is 1.53. The van der Waals surface area contributed by atoms with Gasteiger partial charge in [-0.05, 0) is 54.8 Å². The van der Waals surface area contributed by atoms with Crippen molar-refractivity contribution in [1.29, 1.82) is 0 Å². The van der Waals surface area contributed by atoms with Gasteiger partial charge in [-0.15, -0.1) is 0 Å². The molecule has 4 aromatic rings. The van der Waals surface area contributed by atoms with Gasteiger partial charge in [-0.25, -0.2) is 0 Å². The van der Waals surface area contributed by atoms with E-state index < -0.39 is 5.97 Å². The number of hydrogen-bond donors (Lipinski definition) is 0. The lowest BCUT2D eigenvalue weighted by molar-refractivity contribution is -0.134. The van der Waals surface area contributed by atoms with E-state index in [2.05, 4.69) is 0 Å². The third kappa shape index (κ3) is 4.75. The topological polar surface area (TPSA) is 75.0 Å². The van der Waals surface area contributed by atoms with Crippen LogP contribution in [0.4, 0.5) is 0 Å². The first-order chi connectivity index (χ1) is 16.0. The first kappa shape index (κ1) is 22.1. The van der Waals surface area contributed by atoms with E-state index in [-0.39, 0.29) is 11.8 Å². The standard InChI is InChI=1S/C27H24O6/c1-17-26(18-7-5-4-6-8-18)27(29)22-12-10-21(16-24(22)32-17)33-25(28)14-9-19-15-20(30-2)11-13-23(19)31-3/h4-8,10-13,15-16H,9,14H2,1-3H3. The highest BCUT2D eigenvalue weighted by molar-refractivity contribution is 5.84. The van der Waals surface area contributed by atoms with Crippen LogP contribution in [-0.2, 0) is 11.2 Å². The maximum atomic E-state index is 13.1. The number of methoxy groups -OCH3 is 2. The number of rotatable bonds is 7. The Kier molecular flexibility index (Phi) is 6.45. The Hall–Kier alpha value is -4.06. The number of ether oxygens (including phenoxy) is 3. The summed E-state index contributed by atoms with van der Waals surface area (Å²) in [4.78, 5) is 25.5. The van der Waals surface area contributed by atoms with Crippen LogP contribution in [0.15, 0.2) is 75.9 Å². The van der Waals surface area contributed by atoms with Crippen molar-refractivity contribution < 1.29 is 23.4 Å². The van der Waals surface area contributed by atoms with Crippen molar-refractivity contribution in [2.24, 2.45) is 0 Å². The molecule has 1 aromatic heterocycles. The smallest absolute Gasteiger partial charge is 0.311 e. The largest absolute Gasteiger partial charge is 0.497 e. The first-order valence-corrected chi connectivity index (χ1v) is 10.5. The molecule has 3 aromatic carbocycles. The number of carbonyl (C=O) groups is 1. The Morgan fingerprint density at radius 2 is 1.67 bits per heavy atom. The fourth-order valence-corrected chi connectivity index (χ4v) is 3.78. The zero-order chi connectivity index (χ0) is 23.4. The molecule has 1 heterocycles. The minimum absolute atomic E-state index is 0.122. The summed E-state index contributed by atoms with van der Waals surface area (Å²) in [6.45, 7) is 1.75. The molecule has 6 heteroatoms. The average Bonchev–Trinajstić information content (AvgIpc) is 2.83. The van der Waals surface area contributed by atoms with Crippen LogP contribution in [0.2, 0.25) is 0 Å². The SMILES string of the molecule is COc1ccc(OC)c(CCC(=O)Oc2ccc3c(=O)c(-c4ccccc4)c(C)oc3c2)c1. The fraction of sp³-hybridized carbons (Fsp3) is 0.185. The maximum absolute atomic E-state index is 13.1. The van der Waals surface area contributed by atoms with Gasteiger partial charge in [0, 0.05) is 6.07 Å². The summed E-state index contributed by atoms with van der Waals surface area (Å²) in [5.41, 5.74) is 2.43. The van der Waals surface area contributed by atoms with Crippen molar-refractivity contribution in [2.75, 3.05) is 14.2 Å². The van der Waals surface area contributed by atoms with Gasteiger partial charge in [0.1, 0.15) is 28.6 Å². The van der Waals surface area contributed by atoms with Crippen LogP contribution in [-0.4, -0.2) is 20.2 Å². The zero-order valence-electron chi connectivity index (χ0n) is 18.7. The molecule has 0 aliphatic carbocycles. The van der Waals surface area contributed by atoms with Gasteiger partial charge in [-0.3, -0.25) is 9.59 Å². The van der Waals surface area contributed by atoms with Crippen molar-refractivity contribution in [3.8, 4) is 28.4 Å². The van der Waals surface area contributed by atoms with Gasteiger partial charge >= 0.3 is 5.97 Å². The van der Waals surface area contributed by atoms with E-state index in [1.54, 1.807) is 51.5 Å². The van der Waals surface area contributed by atoms with Crippen LogP contribution in [0.1, 0.15) is 17.7 Å². The number of esters is 1. The van der Waals surface area contributed by atoms with E-state index in [1.807, 2.05) is 36.4 Å². The van der Waals surface area contributed by atoms with E-state index >= 15 is 0 Å². The zero-order valence-corrected chi connectivity index (χ0v) is 18.7. The predicted molar refractivity (Wildman–Crippen MR) is 126 cm³/mol. The monoisotopic (exact) mass is 444 g/mol. The fourth-order valence-electron chi connectivity index (χ4n) is 3.78. The van der Waals surface area contributed by atoms with Gasteiger partial charge in [0.2, 0.25) is 5.43 Å². The molecule has 0 saturated carbocycles. The number of fused-ring (bicyclic) bond motifs is 1. The molecule has 0 saturated heterocycles. The number of benzene rings is 3. The van der Waals surface area contributed by atoms with Crippen LogP contribution in [0.25, 0.3) is 22.1 Å². The van der Waals surface area contributed by atoms with E-state index in [0.29, 0.717) is 46.0 Å². The second-order valence-corrected chi connectivity index (χ2v) is 7.54. The molecule has 0 N–H and O–H groups in total. The Bertz CT molecular complexity index is 1350. The number of hydrogen-bond acceptors (Lipinski definition) is 6. The third-order valence-corrected chi connectivity index (χ3v) is 5.42. The molecule has 0 amide bonds. The van der Waals surface area contributed by atoms with Gasteiger partial charge in [0.05, 0.1) is 31.6 Å². The van der Waals surface area contributed by atoms with Crippen molar-refractivity contribution in [3.05, 3.63) is 88.3 Å². The first-order valence-electron chi connectivity index (χ1n) is 10.5. The van der Waals surface area contributed by atoms with Gasteiger partial charge in [-0.2, -0.15) is 0 Å². The van der Waals surface area contributed by atoms with Crippen LogP contribution < -0.4 is 19.6 Å². The van der Waals surface area contributed by atoms with Crippen molar-refractivity contribution in [1.82, 2.24) is 0 Å². The highest BCUT2D eigenvalue weighted by Gasteiger charge is 2.15. The van der Waals surface area contributed by atoms with Crippen LogP contribution in [0.3, 0.4) is 0 Å². The van der Waals surface area contributed by atoms with Crippen LogP contribution in [0.5, 0.6) is 17.2 Å². The lowest BCUT2D eigenvalue weighted by atomic mass is 10.0. The number of carbonyl (C=O) groups excluding carboxylic acids is 1. The van der Waals surface area contributed by atoms with E-state index in [1.165, 1.54) is 0 Å². The van der Waals surface area contributed by atoms with Gasteiger partial charge < -0.3 is 18.6 Å². The Morgan fingerprint density at radius 1 is 0.909 bits per heavy atom. The molecule has 4 rings (SSSR count). The summed E-state index contributed by atoms with van der Waals surface area (Å²) in [5.74, 6) is 1.79. The molecule has 0 fully saturated rings. The normalized spacial score (nSPS) is 10.8. The molecular weight excluding hydrogens is 420 g/mol. The van der Waals surface area contributed by atoms with Crippen molar-refractivity contribution in [3.63, 3.8) is 0 Å². The molecule has 0 bridgehead atoms. The highest BCUT2D eigenvalue weighted by Crippen LogP contribution is 2.27. The molecule has 168 valence electrons. The summed E-state index contributed by atoms with van der Waals surface area (Å²) in [6.07, 6.45) is 0.582. The molecular formula is C27H24O6. The number of aryl methyl sites for hydroxylation is 2. The molecule has 0 spiro atoms. The molecule has 6 nitrogen and oxygen atoms in total. The summed E-state index contributed by atoms with van der Waals surface area (Å²) in [6, 6.07) is 19.6. The van der Waals surface area contributed by atoms with Gasteiger partial charge in [0.25, 0.3) is 0 Å². The Labute approximate surface area is 191 Å². The lowest BCUT2D eigenvalue weighted by Gasteiger charge is -2.11. The second-order valence-electron chi connectivity index (χ2n) is 7.54. The average molecular weight is 444 g/mol. The van der Waals surface area contributed by atoms with E-state index in [9.17, 15) is 9.59 Å². The molecule has 0 aliphatic heterocycles.